The van der Waals surface area contributed by atoms with Gasteiger partial charge < -0.3 is 15.3 Å². The molecule has 0 saturated carbocycles. The molecule has 2 N–H and O–H groups in total. The van der Waals surface area contributed by atoms with Gasteiger partial charge in [-0.25, -0.2) is 0 Å². The first-order valence-electron chi connectivity index (χ1n) is 5.61. The van der Waals surface area contributed by atoms with Crippen LogP contribution in [-0.4, -0.2) is 48.2 Å². The van der Waals surface area contributed by atoms with Crippen LogP contribution in [0.15, 0.2) is 22.7 Å². The first-order valence-corrected chi connectivity index (χ1v) is 6.79. The topological polar surface area (TPSA) is 52.6 Å². The smallest absolute Gasteiger partial charge is 0.255 e. The van der Waals surface area contributed by atoms with Gasteiger partial charge in [0.05, 0.1) is 17.7 Å². The van der Waals surface area contributed by atoms with Crippen molar-refractivity contribution in [3.8, 4) is 0 Å². The molecule has 0 aromatic heterocycles. The Kier molecular flexibility index (Phi) is 4.27. The van der Waals surface area contributed by atoms with Gasteiger partial charge in [0, 0.05) is 29.6 Å². The van der Waals surface area contributed by atoms with E-state index in [1.54, 1.807) is 30.1 Å². The Bertz CT molecular complexity index is 469. The van der Waals surface area contributed by atoms with Crippen LogP contribution in [0.1, 0.15) is 10.4 Å². The zero-order valence-electron chi connectivity index (χ0n) is 9.86. The molecule has 1 aromatic rings. The quantitative estimate of drug-likeness (QED) is 0.862. The number of carbonyl (C=O) groups is 1. The molecular formula is C12H14BrClN2O2. The highest BCUT2D eigenvalue weighted by atomic mass is 79.9. The van der Waals surface area contributed by atoms with Crippen molar-refractivity contribution in [3.63, 3.8) is 0 Å². The minimum absolute atomic E-state index is 0.155. The first-order chi connectivity index (χ1) is 8.50. The summed E-state index contributed by atoms with van der Waals surface area (Å²) in [5.74, 6) is -0.155. The maximum atomic E-state index is 12.3. The van der Waals surface area contributed by atoms with Crippen LogP contribution >= 0.6 is 27.5 Å². The van der Waals surface area contributed by atoms with E-state index in [0.717, 1.165) is 0 Å². The molecule has 1 amide bonds. The highest BCUT2D eigenvalue weighted by Gasteiger charge is 2.32. The second-order valence-electron chi connectivity index (χ2n) is 4.33. The van der Waals surface area contributed by atoms with Gasteiger partial charge in [-0.2, -0.15) is 0 Å². The number of aliphatic hydroxyl groups excluding tert-OH is 1. The minimum Gasteiger partial charge on any atom is -0.390 e. The Balaban J connectivity index is 2.22. The minimum atomic E-state index is -0.531. The summed E-state index contributed by atoms with van der Waals surface area (Å²) in [5, 5.41) is 13.4. The van der Waals surface area contributed by atoms with Crippen LogP contribution in [0.4, 0.5) is 0 Å². The predicted molar refractivity (Wildman–Crippen MR) is 73.9 cm³/mol. The SMILES string of the molecule is CN(C(=O)c1cc(Cl)ccc1Br)[C@@H]1CNC[C@H]1O. The Morgan fingerprint density at radius 3 is 2.89 bits per heavy atom. The normalized spacial score (nSPS) is 23.1. The second kappa shape index (κ2) is 5.57. The summed E-state index contributed by atoms with van der Waals surface area (Å²) < 4.78 is 0.698. The van der Waals surface area contributed by atoms with Crippen molar-refractivity contribution >= 4 is 33.4 Å². The molecule has 0 spiro atoms. The van der Waals surface area contributed by atoms with Crippen molar-refractivity contribution in [2.75, 3.05) is 20.1 Å². The fourth-order valence-electron chi connectivity index (χ4n) is 2.05. The van der Waals surface area contributed by atoms with Crippen LogP contribution in [0.3, 0.4) is 0 Å². The van der Waals surface area contributed by atoms with Crippen molar-refractivity contribution in [2.45, 2.75) is 12.1 Å². The fourth-order valence-corrected chi connectivity index (χ4v) is 2.64. The van der Waals surface area contributed by atoms with Gasteiger partial charge >= 0.3 is 0 Å². The Hall–Kier alpha value is -0.620. The molecule has 1 fully saturated rings. The van der Waals surface area contributed by atoms with E-state index >= 15 is 0 Å². The third kappa shape index (κ3) is 2.69. The number of rotatable bonds is 2. The number of β-amino-alcohol motifs (C(OH)–C–C–N with tert-alkyl or cyclic N) is 1. The zero-order valence-corrected chi connectivity index (χ0v) is 12.2. The summed E-state index contributed by atoms with van der Waals surface area (Å²) in [4.78, 5) is 13.9. The molecule has 2 atom stereocenters. The molecule has 2 rings (SSSR count). The maximum Gasteiger partial charge on any atom is 0.255 e. The highest BCUT2D eigenvalue weighted by Crippen LogP contribution is 2.23. The average molecular weight is 334 g/mol. The number of aliphatic hydroxyl groups is 1. The molecular weight excluding hydrogens is 320 g/mol. The van der Waals surface area contributed by atoms with E-state index in [1.165, 1.54) is 0 Å². The summed E-state index contributed by atoms with van der Waals surface area (Å²) in [6.45, 7) is 1.11. The van der Waals surface area contributed by atoms with Crippen molar-refractivity contribution < 1.29 is 9.90 Å². The van der Waals surface area contributed by atoms with E-state index in [1.807, 2.05) is 0 Å². The molecule has 1 heterocycles. The summed E-state index contributed by atoms with van der Waals surface area (Å²) in [6.07, 6.45) is -0.531. The van der Waals surface area contributed by atoms with Gasteiger partial charge in [-0.05, 0) is 34.1 Å². The van der Waals surface area contributed by atoms with Crippen molar-refractivity contribution in [3.05, 3.63) is 33.3 Å². The number of likely N-dealkylation sites (N-methyl/N-ethyl adjacent to an activating group) is 1. The molecule has 0 aliphatic carbocycles. The zero-order chi connectivity index (χ0) is 13.3. The maximum absolute atomic E-state index is 12.3. The van der Waals surface area contributed by atoms with Crippen LogP contribution in [0.2, 0.25) is 5.02 Å². The van der Waals surface area contributed by atoms with E-state index in [0.29, 0.717) is 28.1 Å². The molecule has 98 valence electrons. The third-order valence-corrected chi connectivity index (χ3v) is 4.05. The summed E-state index contributed by atoms with van der Waals surface area (Å²) >= 11 is 9.24. The number of hydrogen-bond acceptors (Lipinski definition) is 3. The van der Waals surface area contributed by atoms with E-state index in [2.05, 4.69) is 21.2 Å². The number of benzene rings is 1. The molecule has 1 saturated heterocycles. The molecule has 1 aliphatic heterocycles. The average Bonchev–Trinajstić information content (AvgIpc) is 2.77. The first kappa shape index (κ1) is 13.8. The third-order valence-electron chi connectivity index (χ3n) is 3.13. The number of hydrogen-bond donors (Lipinski definition) is 2. The van der Waals surface area contributed by atoms with Crippen LogP contribution in [0.5, 0.6) is 0 Å². The second-order valence-corrected chi connectivity index (χ2v) is 5.62. The van der Waals surface area contributed by atoms with Crippen molar-refractivity contribution in [1.29, 1.82) is 0 Å². The number of carbonyl (C=O) groups excluding carboxylic acids is 1. The lowest BCUT2D eigenvalue weighted by atomic mass is 10.1. The van der Waals surface area contributed by atoms with E-state index in [9.17, 15) is 9.90 Å². The van der Waals surface area contributed by atoms with Crippen LogP contribution in [0.25, 0.3) is 0 Å². The van der Waals surface area contributed by atoms with Crippen LogP contribution < -0.4 is 5.32 Å². The number of nitrogens with zero attached hydrogens (tertiary/aromatic N) is 1. The molecule has 0 radical (unpaired) electrons. The highest BCUT2D eigenvalue weighted by molar-refractivity contribution is 9.10. The molecule has 0 bridgehead atoms. The van der Waals surface area contributed by atoms with Gasteiger partial charge in [0.1, 0.15) is 0 Å². The van der Waals surface area contributed by atoms with Crippen LogP contribution in [0, 0.1) is 0 Å². The lowest BCUT2D eigenvalue weighted by molar-refractivity contribution is 0.0580. The monoisotopic (exact) mass is 332 g/mol. The molecule has 0 unspecified atom stereocenters. The van der Waals surface area contributed by atoms with Gasteiger partial charge in [-0.3, -0.25) is 4.79 Å². The predicted octanol–water partition coefficient (Wildman–Crippen LogP) is 1.51. The Morgan fingerprint density at radius 2 is 2.28 bits per heavy atom. The summed E-state index contributed by atoms with van der Waals surface area (Å²) in [7, 11) is 1.69. The molecule has 6 heteroatoms. The standard InChI is InChI=1S/C12H14BrClN2O2/c1-16(10-5-15-6-11(10)17)12(18)8-4-7(14)2-3-9(8)13/h2-4,10-11,15,17H,5-6H2,1H3/t10-,11-/m1/s1. The van der Waals surface area contributed by atoms with E-state index in [4.69, 9.17) is 11.6 Å². The summed E-state index contributed by atoms with van der Waals surface area (Å²) in [5.41, 5.74) is 0.504. The Labute approximate surface area is 119 Å². The number of amides is 1. The van der Waals surface area contributed by atoms with Gasteiger partial charge in [-0.15, -0.1) is 0 Å². The lowest BCUT2D eigenvalue weighted by Crippen LogP contribution is -2.44. The fraction of sp³-hybridized carbons (Fsp3) is 0.417. The summed E-state index contributed by atoms with van der Waals surface area (Å²) in [6, 6.07) is 4.88. The van der Waals surface area contributed by atoms with E-state index in [-0.39, 0.29) is 11.9 Å². The Morgan fingerprint density at radius 1 is 1.56 bits per heavy atom. The van der Waals surface area contributed by atoms with Gasteiger partial charge in [0.15, 0.2) is 0 Å². The molecule has 4 nitrogen and oxygen atoms in total. The van der Waals surface area contributed by atoms with E-state index < -0.39 is 6.10 Å². The van der Waals surface area contributed by atoms with Gasteiger partial charge in [0.2, 0.25) is 0 Å². The van der Waals surface area contributed by atoms with Gasteiger partial charge in [0.25, 0.3) is 5.91 Å². The number of halogens is 2. The molecule has 1 aromatic carbocycles. The largest absolute Gasteiger partial charge is 0.390 e. The lowest BCUT2D eigenvalue weighted by Gasteiger charge is -2.26. The molecule has 18 heavy (non-hydrogen) atoms. The molecule has 1 aliphatic rings. The number of nitrogens with one attached hydrogen (secondary N) is 1. The van der Waals surface area contributed by atoms with Crippen LogP contribution in [-0.2, 0) is 0 Å². The van der Waals surface area contributed by atoms with Crippen molar-refractivity contribution in [2.24, 2.45) is 0 Å². The van der Waals surface area contributed by atoms with Gasteiger partial charge in [-0.1, -0.05) is 11.6 Å². The van der Waals surface area contributed by atoms with Crippen molar-refractivity contribution in [1.82, 2.24) is 10.2 Å².